The molecule has 2 rings (SSSR count). The Labute approximate surface area is 157 Å². The van der Waals surface area contributed by atoms with Crippen LogP contribution < -0.4 is 0 Å². The highest BCUT2D eigenvalue weighted by molar-refractivity contribution is 5.66. The molecule has 1 aromatic rings. The third-order valence-corrected chi connectivity index (χ3v) is 3.67. The van der Waals surface area contributed by atoms with Crippen LogP contribution in [-0.2, 0) is 41.5 Å². The Morgan fingerprint density at radius 1 is 1.30 bits per heavy atom. The Hall–Kier alpha value is -2.30. The molecule has 0 fully saturated rings. The van der Waals surface area contributed by atoms with Gasteiger partial charge in [0.25, 0.3) is 0 Å². The van der Waals surface area contributed by atoms with Crippen LogP contribution in [0, 0.1) is 0 Å². The second kappa shape index (κ2) is 10.8. The third kappa shape index (κ3) is 7.45. The summed E-state index contributed by atoms with van der Waals surface area (Å²) in [7, 11) is 0. The van der Waals surface area contributed by atoms with Crippen molar-refractivity contribution in [2.45, 2.75) is 51.7 Å². The van der Waals surface area contributed by atoms with Gasteiger partial charge in [-0.25, -0.2) is 4.68 Å². The van der Waals surface area contributed by atoms with Crippen LogP contribution in [0.2, 0.25) is 0 Å². The van der Waals surface area contributed by atoms with Gasteiger partial charge in [0.05, 0.1) is 18.8 Å². The van der Waals surface area contributed by atoms with Crippen LogP contribution in [0.15, 0.2) is 18.3 Å². The highest BCUT2D eigenvalue weighted by Crippen LogP contribution is 2.18. The molecule has 1 aliphatic heterocycles. The monoisotopic (exact) mass is 383 g/mol. The van der Waals surface area contributed by atoms with Crippen LogP contribution in [-0.4, -0.2) is 70.4 Å². The predicted octanol–water partition coefficient (Wildman–Crippen LogP) is -0.00450. The van der Waals surface area contributed by atoms with Crippen molar-refractivity contribution in [1.82, 2.24) is 15.0 Å². The second-order valence-electron chi connectivity index (χ2n) is 5.98. The predicted molar refractivity (Wildman–Crippen MR) is 91.4 cm³/mol. The van der Waals surface area contributed by atoms with Crippen molar-refractivity contribution in [2.24, 2.45) is 0 Å². The van der Waals surface area contributed by atoms with Gasteiger partial charge in [0.1, 0.15) is 18.8 Å². The molecule has 0 radical (unpaired) electrons. The first-order valence-corrected chi connectivity index (χ1v) is 8.73. The van der Waals surface area contributed by atoms with Crippen molar-refractivity contribution in [3.8, 4) is 0 Å². The molecule has 1 aliphatic rings. The molecule has 0 saturated heterocycles. The first kappa shape index (κ1) is 21.0. The molecule has 0 spiro atoms. The van der Waals surface area contributed by atoms with Gasteiger partial charge in [-0.2, -0.15) is 0 Å². The maximum Gasteiger partial charge on any atom is 0.303 e. The van der Waals surface area contributed by atoms with Gasteiger partial charge in [0.2, 0.25) is 0 Å². The van der Waals surface area contributed by atoms with Crippen LogP contribution in [0.25, 0.3) is 0 Å². The highest BCUT2D eigenvalue weighted by Gasteiger charge is 2.31. The summed E-state index contributed by atoms with van der Waals surface area (Å²) in [4.78, 5) is 22.2. The summed E-state index contributed by atoms with van der Waals surface area (Å²) in [6.45, 7) is 3.45. The highest BCUT2D eigenvalue weighted by atomic mass is 16.7. The van der Waals surface area contributed by atoms with E-state index < -0.39 is 30.4 Å². The molecular weight excluding hydrogens is 358 g/mol. The van der Waals surface area contributed by atoms with Crippen molar-refractivity contribution >= 4 is 11.9 Å². The minimum absolute atomic E-state index is 0.0469. The van der Waals surface area contributed by atoms with Crippen molar-refractivity contribution in [1.29, 1.82) is 0 Å². The number of hydrogen-bond acceptors (Lipinski definition) is 9. The molecule has 0 amide bonds. The van der Waals surface area contributed by atoms with Crippen LogP contribution >= 0.6 is 0 Å². The number of esters is 2. The zero-order valence-corrected chi connectivity index (χ0v) is 15.4. The quantitative estimate of drug-likeness (QED) is 0.439. The fourth-order valence-electron chi connectivity index (χ4n) is 2.44. The topological polar surface area (TPSA) is 122 Å². The number of rotatable bonds is 10. The number of aliphatic hydroxyl groups is 1. The number of carbonyl (C=O) groups excluding carboxylic acids is 2. The lowest BCUT2D eigenvalue weighted by Crippen LogP contribution is -2.42. The number of aryl methyl sites for hydroxylation is 1. The molecule has 150 valence electrons. The summed E-state index contributed by atoms with van der Waals surface area (Å²) in [5.41, 5.74) is 0.809. The SMILES string of the molecule is CC(=O)OC[C@H]1O[C@H](OCCn2cc(CCCO)nn2)C=C[C@@H]1OC(C)=O. The minimum atomic E-state index is -0.658. The van der Waals surface area contributed by atoms with E-state index in [2.05, 4.69) is 10.3 Å². The molecule has 1 N–H and O–H groups in total. The Morgan fingerprint density at radius 2 is 2.11 bits per heavy atom. The fourth-order valence-corrected chi connectivity index (χ4v) is 2.44. The average Bonchev–Trinajstić information content (AvgIpc) is 3.07. The van der Waals surface area contributed by atoms with E-state index in [9.17, 15) is 9.59 Å². The van der Waals surface area contributed by atoms with E-state index in [1.165, 1.54) is 13.8 Å². The molecule has 1 aromatic heterocycles. The van der Waals surface area contributed by atoms with Crippen LogP contribution in [0.5, 0.6) is 0 Å². The summed E-state index contributed by atoms with van der Waals surface area (Å²) >= 11 is 0. The number of aromatic nitrogens is 3. The molecule has 3 atom stereocenters. The largest absolute Gasteiger partial charge is 0.463 e. The van der Waals surface area contributed by atoms with Crippen LogP contribution in [0.4, 0.5) is 0 Å². The van der Waals surface area contributed by atoms with Crippen molar-refractivity contribution in [2.75, 3.05) is 19.8 Å². The van der Waals surface area contributed by atoms with E-state index in [1.54, 1.807) is 23.0 Å². The molecular formula is C17H25N3O7. The van der Waals surface area contributed by atoms with Gasteiger partial charge in [-0.15, -0.1) is 5.10 Å². The summed E-state index contributed by atoms with van der Waals surface area (Å²) in [5.74, 6) is -0.904. The lowest BCUT2D eigenvalue weighted by atomic mass is 10.1. The maximum absolute atomic E-state index is 11.2. The van der Waals surface area contributed by atoms with E-state index in [-0.39, 0.29) is 13.2 Å². The third-order valence-electron chi connectivity index (χ3n) is 3.67. The van der Waals surface area contributed by atoms with E-state index >= 15 is 0 Å². The smallest absolute Gasteiger partial charge is 0.303 e. The van der Waals surface area contributed by atoms with E-state index in [0.29, 0.717) is 26.0 Å². The van der Waals surface area contributed by atoms with Gasteiger partial charge in [0, 0.05) is 26.7 Å². The molecule has 0 saturated carbocycles. The van der Waals surface area contributed by atoms with Crippen molar-refractivity contribution in [3.63, 3.8) is 0 Å². The molecule has 27 heavy (non-hydrogen) atoms. The molecule has 2 heterocycles. The van der Waals surface area contributed by atoms with E-state index in [0.717, 1.165) is 5.69 Å². The van der Waals surface area contributed by atoms with Crippen LogP contribution in [0.1, 0.15) is 26.0 Å². The molecule has 0 bridgehead atoms. The summed E-state index contributed by atoms with van der Waals surface area (Å²) < 4.78 is 23.1. The second-order valence-corrected chi connectivity index (χ2v) is 5.98. The first-order valence-electron chi connectivity index (χ1n) is 8.73. The molecule has 0 unspecified atom stereocenters. The summed E-state index contributed by atoms with van der Waals surface area (Å²) in [6, 6.07) is 0. The van der Waals surface area contributed by atoms with E-state index in [1.807, 2.05) is 0 Å². The maximum atomic E-state index is 11.2. The Kier molecular flexibility index (Phi) is 8.37. The van der Waals surface area contributed by atoms with Gasteiger partial charge < -0.3 is 24.1 Å². The standard InChI is InChI=1S/C17H25N3O7/c1-12(22)25-11-16-15(26-13(2)23)5-6-17(27-16)24-9-7-20-10-14(18-19-20)4-3-8-21/h5-6,10,15-17,21H,3-4,7-9,11H2,1-2H3/t15-,16+,17-/m0/s1. The van der Waals surface area contributed by atoms with Gasteiger partial charge in [0.15, 0.2) is 6.29 Å². The Balaban J connectivity index is 1.82. The lowest BCUT2D eigenvalue weighted by molar-refractivity contribution is -0.197. The van der Waals surface area contributed by atoms with Gasteiger partial charge in [-0.3, -0.25) is 9.59 Å². The van der Waals surface area contributed by atoms with Crippen molar-refractivity contribution in [3.05, 3.63) is 24.0 Å². The Bertz CT molecular complexity index is 646. The molecule has 0 aromatic carbocycles. The molecule has 10 heteroatoms. The number of hydrogen-bond donors (Lipinski definition) is 1. The zero-order chi connectivity index (χ0) is 19.6. The first-order chi connectivity index (χ1) is 13.0. The van der Waals surface area contributed by atoms with Crippen molar-refractivity contribution < 1.29 is 33.6 Å². The normalized spacial score (nSPS) is 21.8. The van der Waals surface area contributed by atoms with Gasteiger partial charge in [-0.1, -0.05) is 5.21 Å². The Morgan fingerprint density at radius 3 is 2.81 bits per heavy atom. The summed E-state index contributed by atoms with van der Waals surface area (Å²) in [6.07, 6.45) is 4.46. The molecule has 0 aliphatic carbocycles. The zero-order valence-electron chi connectivity index (χ0n) is 15.4. The fraction of sp³-hybridized carbons (Fsp3) is 0.647. The molecule has 10 nitrogen and oxygen atoms in total. The number of ether oxygens (including phenoxy) is 4. The number of nitrogens with zero attached hydrogens (tertiary/aromatic N) is 3. The minimum Gasteiger partial charge on any atom is -0.463 e. The van der Waals surface area contributed by atoms with Gasteiger partial charge in [-0.05, 0) is 25.0 Å². The van der Waals surface area contributed by atoms with E-state index in [4.69, 9.17) is 24.1 Å². The lowest BCUT2D eigenvalue weighted by Gasteiger charge is -2.31. The van der Waals surface area contributed by atoms with Crippen LogP contribution in [0.3, 0.4) is 0 Å². The average molecular weight is 383 g/mol. The summed E-state index contributed by atoms with van der Waals surface area (Å²) in [5, 5.41) is 16.8. The number of aliphatic hydroxyl groups excluding tert-OH is 1. The number of carbonyl (C=O) groups is 2. The van der Waals surface area contributed by atoms with Gasteiger partial charge >= 0.3 is 11.9 Å².